The van der Waals surface area contributed by atoms with Crippen LogP contribution in [0.3, 0.4) is 0 Å². The number of alkyl halides is 3. The summed E-state index contributed by atoms with van der Waals surface area (Å²) in [5.41, 5.74) is 8.00. The number of anilines is 1. The molecule has 5 rings (SSSR count). The quantitative estimate of drug-likeness (QED) is 0.453. The Kier molecular flexibility index (Phi) is 9.15. The van der Waals surface area contributed by atoms with Gasteiger partial charge in [0.15, 0.2) is 6.61 Å². The Bertz CT molecular complexity index is 1260. The van der Waals surface area contributed by atoms with Crippen molar-refractivity contribution in [2.45, 2.75) is 57.3 Å². The number of piperidine rings is 1. The number of halogens is 3. The summed E-state index contributed by atoms with van der Waals surface area (Å²) in [6.45, 7) is 4.45. The standard InChI is InChI=1S/C31H39F3N4O4/c1-21-4-2-3-5-26(21)37-14-15-38(27(19-37)30(35)40)29(39)16-23-8-9-25(17-28(23)41-20-31(32,33)34)42-24-10-12-36(13-11-24)18-22-6-7-22/h2-5,8-9,17,22,24,27H,6-7,10-16,18-20H2,1H3,(H2,35,40). The van der Waals surface area contributed by atoms with Gasteiger partial charge in [-0.1, -0.05) is 24.3 Å². The number of nitrogens with two attached hydrogens (primary N) is 1. The molecule has 2 aliphatic heterocycles. The zero-order chi connectivity index (χ0) is 29.9. The molecular weight excluding hydrogens is 549 g/mol. The third-order valence-corrected chi connectivity index (χ3v) is 8.31. The average Bonchev–Trinajstić information content (AvgIpc) is 3.77. The molecule has 0 bridgehead atoms. The van der Waals surface area contributed by atoms with Crippen LogP contribution in [0.25, 0.3) is 0 Å². The van der Waals surface area contributed by atoms with Gasteiger partial charge in [-0.25, -0.2) is 0 Å². The number of amides is 2. The second-order valence-corrected chi connectivity index (χ2v) is 11.6. The molecule has 2 amide bonds. The smallest absolute Gasteiger partial charge is 0.422 e. The summed E-state index contributed by atoms with van der Waals surface area (Å²) in [6.07, 6.45) is -0.526. The number of rotatable bonds is 10. The molecule has 2 heterocycles. The van der Waals surface area contributed by atoms with Gasteiger partial charge in [-0.2, -0.15) is 13.2 Å². The van der Waals surface area contributed by atoms with Crippen molar-refractivity contribution in [1.82, 2.24) is 9.80 Å². The number of para-hydroxylation sites is 1. The van der Waals surface area contributed by atoms with Gasteiger partial charge in [-0.15, -0.1) is 0 Å². The molecule has 1 aliphatic carbocycles. The van der Waals surface area contributed by atoms with Crippen LogP contribution in [0.4, 0.5) is 18.9 Å². The molecule has 2 N–H and O–H groups in total. The first kappa shape index (κ1) is 30.0. The number of primary amides is 1. The fraction of sp³-hybridized carbons (Fsp3) is 0.548. The highest BCUT2D eigenvalue weighted by molar-refractivity contribution is 5.89. The van der Waals surface area contributed by atoms with Crippen molar-refractivity contribution < 1.29 is 32.2 Å². The van der Waals surface area contributed by atoms with Crippen molar-refractivity contribution in [3.63, 3.8) is 0 Å². The van der Waals surface area contributed by atoms with Crippen LogP contribution >= 0.6 is 0 Å². The highest BCUT2D eigenvalue weighted by atomic mass is 19.4. The number of piperazine rings is 1. The summed E-state index contributed by atoms with van der Waals surface area (Å²) in [5.74, 6) is 0.129. The van der Waals surface area contributed by atoms with Gasteiger partial charge in [0, 0.05) is 56.6 Å². The Morgan fingerprint density at radius 3 is 2.40 bits per heavy atom. The third kappa shape index (κ3) is 7.87. The SMILES string of the molecule is Cc1ccccc1N1CCN(C(=O)Cc2ccc(OC3CCN(CC4CC4)CC3)cc2OCC(F)(F)F)C(C(N)=O)C1. The molecule has 2 aromatic rings. The summed E-state index contributed by atoms with van der Waals surface area (Å²) in [7, 11) is 0. The summed E-state index contributed by atoms with van der Waals surface area (Å²) in [4.78, 5) is 31.7. The first-order valence-corrected chi connectivity index (χ1v) is 14.7. The molecule has 228 valence electrons. The van der Waals surface area contributed by atoms with Crippen LogP contribution in [-0.2, 0) is 16.0 Å². The Morgan fingerprint density at radius 2 is 1.74 bits per heavy atom. The van der Waals surface area contributed by atoms with Gasteiger partial charge in [-0.3, -0.25) is 9.59 Å². The first-order valence-electron chi connectivity index (χ1n) is 14.7. The minimum atomic E-state index is -4.55. The summed E-state index contributed by atoms with van der Waals surface area (Å²) in [6, 6.07) is 11.6. The molecule has 42 heavy (non-hydrogen) atoms. The maximum atomic E-state index is 13.4. The zero-order valence-electron chi connectivity index (χ0n) is 23.9. The Labute approximate surface area is 244 Å². The van der Waals surface area contributed by atoms with E-state index in [0.717, 1.165) is 49.6 Å². The first-order chi connectivity index (χ1) is 20.1. The largest absolute Gasteiger partial charge is 0.490 e. The summed E-state index contributed by atoms with van der Waals surface area (Å²) < 4.78 is 50.6. The van der Waals surface area contributed by atoms with Crippen molar-refractivity contribution in [2.24, 2.45) is 11.7 Å². The van der Waals surface area contributed by atoms with E-state index in [0.29, 0.717) is 17.9 Å². The lowest BCUT2D eigenvalue weighted by molar-refractivity contribution is -0.153. The zero-order valence-corrected chi connectivity index (χ0v) is 23.9. The van der Waals surface area contributed by atoms with E-state index in [1.165, 1.54) is 23.8 Å². The van der Waals surface area contributed by atoms with Gasteiger partial charge >= 0.3 is 6.18 Å². The van der Waals surface area contributed by atoms with Gasteiger partial charge in [0.2, 0.25) is 11.8 Å². The predicted molar refractivity (Wildman–Crippen MR) is 153 cm³/mol. The van der Waals surface area contributed by atoms with E-state index in [2.05, 4.69) is 4.90 Å². The normalized spacial score (nSPS) is 20.4. The second kappa shape index (κ2) is 12.8. The van der Waals surface area contributed by atoms with Crippen molar-refractivity contribution in [3.05, 3.63) is 53.6 Å². The molecule has 8 nitrogen and oxygen atoms in total. The molecule has 3 fully saturated rings. The fourth-order valence-corrected chi connectivity index (χ4v) is 5.84. The number of nitrogens with zero attached hydrogens (tertiary/aromatic N) is 3. The van der Waals surface area contributed by atoms with Crippen molar-refractivity contribution in [2.75, 3.05) is 50.8 Å². The number of hydrogen-bond acceptors (Lipinski definition) is 6. The Balaban J connectivity index is 1.26. The highest BCUT2D eigenvalue weighted by Crippen LogP contribution is 2.33. The van der Waals surface area contributed by atoms with Crippen molar-refractivity contribution in [3.8, 4) is 11.5 Å². The number of hydrogen-bond donors (Lipinski definition) is 1. The van der Waals surface area contributed by atoms with Gasteiger partial charge in [0.1, 0.15) is 23.6 Å². The van der Waals surface area contributed by atoms with Crippen LogP contribution in [0.5, 0.6) is 11.5 Å². The van der Waals surface area contributed by atoms with Crippen molar-refractivity contribution in [1.29, 1.82) is 0 Å². The molecule has 3 aliphatic rings. The molecule has 0 spiro atoms. The van der Waals surface area contributed by atoms with E-state index in [-0.39, 0.29) is 31.4 Å². The number of aryl methyl sites for hydroxylation is 1. The molecule has 2 aromatic carbocycles. The Hall–Kier alpha value is -3.47. The third-order valence-electron chi connectivity index (χ3n) is 8.31. The molecule has 1 unspecified atom stereocenters. The van der Waals surface area contributed by atoms with E-state index in [4.69, 9.17) is 15.2 Å². The van der Waals surface area contributed by atoms with Crippen LogP contribution in [0.1, 0.15) is 36.8 Å². The Morgan fingerprint density at radius 1 is 1.00 bits per heavy atom. The number of ether oxygens (including phenoxy) is 2. The van der Waals surface area contributed by atoms with Gasteiger partial charge in [-0.05, 0) is 56.2 Å². The minimum Gasteiger partial charge on any atom is -0.490 e. The predicted octanol–water partition coefficient (Wildman–Crippen LogP) is 3.93. The van der Waals surface area contributed by atoms with Crippen LogP contribution in [0.2, 0.25) is 0 Å². The molecule has 11 heteroatoms. The molecule has 2 saturated heterocycles. The summed E-state index contributed by atoms with van der Waals surface area (Å²) >= 11 is 0. The van der Waals surface area contributed by atoms with E-state index < -0.39 is 30.6 Å². The lowest BCUT2D eigenvalue weighted by Gasteiger charge is -2.41. The number of carbonyl (C=O) groups excluding carboxylic acids is 2. The molecular formula is C31H39F3N4O4. The van der Waals surface area contributed by atoms with Crippen LogP contribution < -0.4 is 20.1 Å². The van der Waals surface area contributed by atoms with Crippen LogP contribution in [0, 0.1) is 12.8 Å². The molecule has 0 aromatic heterocycles. The summed E-state index contributed by atoms with van der Waals surface area (Å²) in [5, 5.41) is 0. The average molecular weight is 589 g/mol. The van der Waals surface area contributed by atoms with Gasteiger partial charge in [0.25, 0.3) is 0 Å². The lowest BCUT2D eigenvalue weighted by Crippen LogP contribution is -2.60. The number of likely N-dealkylation sites (tertiary alicyclic amines) is 1. The van der Waals surface area contributed by atoms with Crippen LogP contribution in [-0.4, -0.2) is 85.8 Å². The number of benzene rings is 2. The van der Waals surface area contributed by atoms with Crippen molar-refractivity contribution >= 4 is 17.5 Å². The van der Waals surface area contributed by atoms with E-state index in [1.54, 1.807) is 12.1 Å². The highest BCUT2D eigenvalue weighted by Gasteiger charge is 2.35. The monoisotopic (exact) mass is 588 g/mol. The maximum Gasteiger partial charge on any atom is 0.422 e. The number of carbonyl (C=O) groups is 2. The molecule has 1 saturated carbocycles. The van der Waals surface area contributed by atoms with E-state index in [1.807, 2.05) is 36.1 Å². The fourth-order valence-electron chi connectivity index (χ4n) is 5.84. The van der Waals surface area contributed by atoms with Gasteiger partial charge < -0.3 is 29.9 Å². The molecule has 1 atom stereocenters. The van der Waals surface area contributed by atoms with Crippen LogP contribution in [0.15, 0.2) is 42.5 Å². The lowest BCUT2D eigenvalue weighted by atomic mass is 10.0. The molecule has 0 radical (unpaired) electrons. The second-order valence-electron chi connectivity index (χ2n) is 11.6. The topological polar surface area (TPSA) is 88.3 Å². The maximum absolute atomic E-state index is 13.4. The van der Waals surface area contributed by atoms with E-state index in [9.17, 15) is 22.8 Å². The van der Waals surface area contributed by atoms with E-state index >= 15 is 0 Å². The minimum absolute atomic E-state index is 0.0377. The van der Waals surface area contributed by atoms with Gasteiger partial charge in [0.05, 0.1) is 6.42 Å².